The fourth-order valence-corrected chi connectivity index (χ4v) is 2.71. The van der Waals surface area contributed by atoms with Gasteiger partial charge < -0.3 is 5.32 Å². The van der Waals surface area contributed by atoms with Gasteiger partial charge in [0.05, 0.1) is 17.2 Å². The van der Waals surface area contributed by atoms with Gasteiger partial charge in [-0.25, -0.2) is 8.78 Å². The van der Waals surface area contributed by atoms with E-state index in [0.717, 1.165) is 0 Å². The molecule has 1 aliphatic rings. The Hall–Kier alpha value is -1.13. The van der Waals surface area contributed by atoms with Crippen LogP contribution in [0.1, 0.15) is 22.7 Å². The molecule has 11 heteroatoms. The number of nitrogens with zero attached hydrogens (tertiary/aromatic N) is 1. The summed E-state index contributed by atoms with van der Waals surface area (Å²) >= 11 is 0. The van der Waals surface area contributed by atoms with Crippen molar-refractivity contribution < 1.29 is 35.1 Å². The second kappa shape index (κ2) is 8.05. The van der Waals surface area contributed by atoms with Crippen LogP contribution in [0.15, 0.2) is 12.1 Å². The largest absolute Gasteiger partial charge is 0.416 e. The van der Waals surface area contributed by atoms with E-state index in [-0.39, 0.29) is 37.6 Å². The van der Waals surface area contributed by atoms with Crippen molar-refractivity contribution in [2.45, 2.75) is 18.4 Å². The van der Waals surface area contributed by atoms with Crippen molar-refractivity contribution in [2.75, 3.05) is 32.9 Å². The molecule has 2 rings (SSSR count). The van der Waals surface area contributed by atoms with E-state index in [1.165, 1.54) is 4.90 Å². The van der Waals surface area contributed by atoms with Crippen molar-refractivity contribution in [1.29, 1.82) is 0 Å². The van der Waals surface area contributed by atoms with Crippen LogP contribution < -0.4 is 5.32 Å². The van der Waals surface area contributed by atoms with E-state index in [2.05, 4.69) is 5.32 Å². The Morgan fingerprint density at radius 3 is 2.00 bits per heavy atom. The maximum Gasteiger partial charge on any atom is 0.416 e. The van der Waals surface area contributed by atoms with Crippen LogP contribution in [0.25, 0.3) is 0 Å². The topological polar surface area (TPSA) is 15.3 Å². The summed E-state index contributed by atoms with van der Waals surface area (Å²) in [4.78, 5) is 1.29. The SMILES string of the molecule is Cl.FC[C@H](c1c(F)cc(C(F)(F)F)cc1C(F)(F)F)N1CCNCC1. The minimum Gasteiger partial charge on any atom is -0.314 e. The first-order chi connectivity index (χ1) is 11.1. The molecule has 0 aliphatic carbocycles. The van der Waals surface area contributed by atoms with Gasteiger partial charge in [-0.1, -0.05) is 0 Å². The molecule has 0 amide bonds. The number of nitrogens with one attached hydrogen (secondary N) is 1. The van der Waals surface area contributed by atoms with Gasteiger partial charge in [0.1, 0.15) is 12.5 Å². The van der Waals surface area contributed by atoms with Crippen LogP contribution in [-0.4, -0.2) is 37.8 Å². The first-order valence-corrected chi connectivity index (χ1v) is 7.04. The highest BCUT2D eigenvalue weighted by Crippen LogP contribution is 2.41. The summed E-state index contributed by atoms with van der Waals surface area (Å²) in [5, 5.41) is 2.90. The quantitative estimate of drug-likeness (QED) is 0.768. The molecule has 0 unspecified atom stereocenters. The Morgan fingerprint density at radius 1 is 1.00 bits per heavy atom. The molecule has 1 atom stereocenters. The van der Waals surface area contributed by atoms with Gasteiger partial charge in [0, 0.05) is 31.7 Å². The van der Waals surface area contributed by atoms with Crippen LogP contribution in [0.4, 0.5) is 35.1 Å². The predicted octanol–water partition coefficient (Wildman–Crippen LogP) is 4.20. The van der Waals surface area contributed by atoms with Crippen molar-refractivity contribution in [3.63, 3.8) is 0 Å². The molecule has 1 aliphatic heterocycles. The van der Waals surface area contributed by atoms with Crippen molar-refractivity contribution in [3.8, 4) is 0 Å². The van der Waals surface area contributed by atoms with E-state index in [1.54, 1.807) is 0 Å². The summed E-state index contributed by atoms with van der Waals surface area (Å²) in [6.07, 6.45) is -10.4. The lowest BCUT2D eigenvalue weighted by molar-refractivity contribution is -0.144. The first kappa shape index (κ1) is 21.9. The fraction of sp³-hybridized carbons (Fsp3) is 0.571. The lowest BCUT2D eigenvalue weighted by Crippen LogP contribution is -2.46. The average molecular weight is 399 g/mol. The lowest BCUT2D eigenvalue weighted by Gasteiger charge is -2.35. The van der Waals surface area contributed by atoms with E-state index in [1.807, 2.05) is 0 Å². The molecule has 144 valence electrons. The minimum absolute atomic E-state index is 0. The number of benzene rings is 1. The van der Waals surface area contributed by atoms with Crippen LogP contribution in [0.2, 0.25) is 0 Å². The Balaban J connectivity index is 0.00000312. The van der Waals surface area contributed by atoms with Gasteiger partial charge in [0.25, 0.3) is 0 Å². The zero-order chi connectivity index (χ0) is 18.1. The molecular formula is C14H15ClF8N2. The molecule has 2 nitrogen and oxygen atoms in total. The van der Waals surface area contributed by atoms with E-state index in [0.29, 0.717) is 13.1 Å². The number of hydrogen-bond acceptors (Lipinski definition) is 2. The molecule has 0 radical (unpaired) electrons. The molecule has 1 fully saturated rings. The molecule has 1 N–H and O–H groups in total. The maximum absolute atomic E-state index is 14.2. The van der Waals surface area contributed by atoms with E-state index >= 15 is 0 Å². The monoisotopic (exact) mass is 398 g/mol. The summed E-state index contributed by atoms with van der Waals surface area (Å²) in [6.45, 7) is -0.301. The Morgan fingerprint density at radius 2 is 1.56 bits per heavy atom. The Bertz CT molecular complexity index is 581. The van der Waals surface area contributed by atoms with E-state index in [9.17, 15) is 35.1 Å². The van der Waals surface area contributed by atoms with Crippen LogP contribution in [0.5, 0.6) is 0 Å². The molecule has 25 heavy (non-hydrogen) atoms. The molecule has 0 saturated carbocycles. The summed E-state index contributed by atoms with van der Waals surface area (Å²) < 4.78 is 105. The van der Waals surface area contributed by atoms with Gasteiger partial charge in [-0.3, -0.25) is 4.90 Å². The lowest BCUT2D eigenvalue weighted by atomic mass is 9.95. The van der Waals surface area contributed by atoms with Crippen LogP contribution in [0, 0.1) is 5.82 Å². The maximum atomic E-state index is 14.2. The molecule has 1 aromatic rings. The number of piperazine rings is 1. The highest BCUT2D eigenvalue weighted by molar-refractivity contribution is 5.85. The van der Waals surface area contributed by atoms with Crippen molar-refractivity contribution in [1.82, 2.24) is 10.2 Å². The predicted molar refractivity (Wildman–Crippen MR) is 76.8 cm³/mol. The zero-order valence-corrected chi connectivity index (χ0v) is 13.5. The number of halogens is 9. The normalized spacial score (nSPS) is 17.9. The molecule has 1 saturated heterocycles. The van der Waals surface area contributed by atoms with Gasteiger partial charge in [-0.2, -0.15) is 26.3 Å². The van der Waals surface area contributed by atoms with Crippen molar-refractivity contribution in [2.24, 2.45) is 0 Å². The third-order valence-corrected chi connectivity index (χ3v) is 3.83. The van der Waals surface area contributed by atoms with Gasteiger partial charge in [-0.05, 0) is 12.1 Å². The van der Waals surface area contributed by atoms with Crippen LogP contribution in [0.3, 0.4) is 0 Å². The smallest absolute Gasteiger partial charge is 0.314 e. The van der Waals surface area contributed by atoms with E-state index < -0.39 is 47.6 Å². The van der Waals surface area contributed by atoms with Gasteiger partial charge in [0.2, 0.25) is 0 Å². The second-order valence-electron chi connectivity index (χ2n) is 5.37. The molecule has 0 spiro atoms. The van der Waals surface area contributed by atoms with Crippen LogP contribution >= 0.6 is 12.4 Å². The summed E-state index contributed by atoms with van der Waals surface area (Å²) in [6, 6.07) is -1.77. The third kappa shape index (κ3) is 4.95. The van der Waals surface area contributed by atoms with E-state index in [4.69, 9.17) is 0 Å². The second-order valence-corrected chi connectivity index (χ2v) is 5.37. The Kier molecular flexibility index (Phi) is 7.05. The first-order valence-electron chi connectivity index (χ1n) is 7.04. The number of hydrogen-bond donors (Lipinski definition) is 1. The van der Waals surface area contributed by atoms with Crippen LogP contribution in [-0.2, 0) is 12.4 Å². The number of alkyl halides is 7. The average Bonchev–Trinajstić information content (AvgIpc) is 2.48. The highest BCUT2D eigenvalue weighted by Gasteiger charge is 2.42. The molecule has 1 heterocycles. The van der Waals surface area contributed by atoms with Gasteiger partial charge in [0.15, 0.2) is 0 Å². The third-order valence-electron chi connectivity index (χ3n) is 3.83. The van der Waals surface area contributed by atoms with Gasteiger partial charge >= 0.3 is 12.4 Å². The number of rotatable bonds is 3. The molecule has 0 bridgehead atoms. The van der Waals surface area contributed by atoms with Crippen molar-refractivity contribution >= 4 is 12.4 Å². The standard InChI is InChI=1S/C14H14F8N2.ClH/c15-7-11(24-3-1-23-2-4-24)12-9(14(20,21)22)5-8(6-10(12)16)13(17,18)19;/h5-6,11,23H,1-4,7H2;1H/t11-;/m1./s1. The van der Waals surface area contributed by atoms with Gasteiger partial charge in [-0.15, -0.1) is 12.4 Å². The minimum atomic E-state index is -5.24. The highest BCUT2D eigenvalue weighted by atomic mass is 35.5. The molecule has 0 aromatic heterocycles. The molecular weight excluding hydrogens is 384 g/mol. The summed E-state index contributed by atoms with van der Waals surface area (Å²) in [5.74, 6) is -1.71. The fourth-order valence-electron chi connectivity index (χ4n) is 2.71. The zero-order valence-electron chi connectivity index (χ0n) is 12.6. The summed E-state index contributed by atoms with van der Waals surface area (Å²) in [5.41, 5.74) is -4.63. The van der Waals surface area contributed by atoms with Crippen molar-refractivity contribution in [3.05, 3.63) is 34.6 Å². The molecule has 1 aromatic carbocycles. The Labute approximate surface area is 144 Å². The summed E-state index contributed by atoms with van der Waals surface area (Å²) in [7, 11) is 0.